The van der Waals surface area contributed by atoms with Gasteiger partial charge in [-0.3, -0.25) is 9.29 Å². The first-order valence-corrected chi connectivity index (χ1v) is 14.8. The lowest BCUT2D eigenvalue weighted by Crippen LogP contribution is -2.35. The number of anilines is 1. The number of hydrogen-bond donors (Lipinski definition) is 1. The maximum absolute atomic E-state index is 13.8. The van der Waals surface area contributed by atoms with Crippen molar-refractivity contribution >= 4 is 27.6 Å². The van der Waals surface area contributed by atoms with Crippen molar-refractivity contribution in [1.82, 2.24) is 24.7 Å². The number of rotatable bonds is 11. The Bertz CT molecular complexity index is 1410. The normalized spacial score (nSPS) is 18.5. The molecule has 1 aromatic carbocycles. The van der Waals surface area contributed by atoms with E-state index in [1.54, 1.807) is 36.6 Å². The number of nitrogens with zero attached hydrogens (tertiary/aromatic N) is 5. The number of sulfonamides is 1. The highest BCUT2D eigenvalue weighted by Gasteiger charge is 2.39. The summed E-state index contributed by atoms with van der Waals surface area (Å²) in [5.41, 5.74) is 0.0580. The van der Waals surface area contributed by atoms with Crippen LogP contribution < -0.4 is 14.2 Å². The van der Waals surface area contributed by atoms with Crippen molar-refractivity contribution in [3.05, 3.63) is 47.3 Å². The van der Waals surface area contributed by atoms with E-state index >= 15 is 0 Å². The van der Waals surface area contributed by atoms with Crippen LogP contribution in [0.3, 0.4) is 0 Å². The number of para-hydroxylation sites is 1. The second-order valence-electron chi connectivity index (χ2n) is 10.4. The van der Waals surface area contributed by atoms with E-state index in [2.05, 4.69) is 24.9 Å². The number of nitrogens with one attached hydrogen (secondary N) is 1. The van der Waals surface area contributed by atoms with Gasteiger partial charge in [0, 0.05) is 12.4 Å². The van der Waals surface area contributed by atoms with E-state index in [9.17, 15) is 8.42 Å². The molecule has 14 heteroatoms. The fourth-order valence-corrected chi connectivity index (χ4v) is 5.72. The average Bonchev–Trinajstić information content (AvgIpc) is 3.48. The molecule has 4 rings (SSSR count). The van der Waals surface area contributed by atoms with E-state index in [0.717, 1.165) is 6.42 Å². The van der Waals surface area contributed by atoms with E-state index in [0.29, 0.717) is 34.5 Å². The summed E-state index contributed by atoms with van der Waals surface area (Å²) >= 11 is 5.95. The SMILES string of the molecule is COc1cccc(OC)c1-n1c(NS(=O)(=O)C(C)C(OC(C)C)c2ncc(Cl)cn2)nnc1[C@H]1CCC(C)(C)O1. The molecular formula is C26H35ClN6O6S. The van der Waals surface area contributed by atoms with E-state index in [-0.39, 0.29) is 23.5 Å². The third kappa shape index (κ3) is 6.32. The number of halogens is 1. The summed E-state index contributed by atoms with van der Waals surface area (Å²) in [6.07, 6.45) is 2.52. The molecule has 12 nitrogen and oxygen atoms in total. The Balaban J connectivity index is 1.80. The highest BCUT2D eigenvalue weighted by molar-refractivity contribution is 7.93. The first-order chi connectivity index (χ1) is 18.9. The molecule has 0 radical (unpaired) electrons. The third-order valence-electron chi connectivity index (χ3n) is 6.53. The molecule has 3 atom stereocenters. The fourth-order valence-electron chi connectivity index (χ4n) is 4.53. The van der Waals surface area contributed by atoms with Gasteiger partial charge < -0.3 is 18.9 Å². The summed E-state index contributed by atoms with van der Waals surface area (Å²) in [6.45, 7) is 9.11. The lowest BCUT2D eigenvalue weighted by Gasteiger charge is -2.26. The summed E-state index contributed by atoms with van der Waals surface area (Å²) in [5, 5.41) is 7.81. The van der Waals surface area contributed by atoms with Crippen LogP contribution in [0.25, 0.3) is 5.69 Å². The van der Waals surface area contributed by atoms with Crippen molar-refractivity contribution in [2.24, 2.45) is 0 Å². The van der Waals surface area contributed by atoms with Crippen LogP contribution in [0.2, 0.25) is 5.02 Å². The Hall–Kier alpha value is -3.00. The topological polar surface area (TPSA) is 140 Å². The van der Waals surface area contributed by atoms with Crippen LogP contribution in [0.5, 0.6) is 11.5 Å². The van der Waals surface area contributed by atoms with Crippen molar-refractivity contribution in [2.75, 3.05) is 18.9 Å². The van der Waals surface area contributed by atoms with Crippen molar-refractivity contribution in [3.63, 3.8) is 0 Å². The molecular weight excluding hydrogens is 560 g/mol. The van der Waals surface area contributed by atoms with Crippen LogP contribution in [-0.4, -0.2) is 64.3 Å². The fraction of sp³-hybridized carbons (Fsp3) is 0.538. The largest absolute Gasteiger partial charge is 0.494 e. The number of ether oxygens (including phenoxy) is 4. The van der Waals surface area contributed by atoms with E-state index in [1.807, 2.05) is 13.8 Å². The van der Waals surface area contributed by atoms with Crippen LogP contribution >= 0.6 is 11.6 Å². The van der Waals surface area contributed by atoms with Crippen LogP contribution in [0, 0.1) is 0 Å². The van der Waals surface area contributed by atoms with E-state index < -0.39 is 27.5 Å². The van der Waals surface area contributed by atoms with Crippen molar-refractivity contribution in [3.8, 4) is 17.2 Å². The van der Waals surface area contributed by atoms with E-state index in [1.165, 1.54) is 33.5 Å². The molecule has 3 aromatic rings. The second-order valence-corrected chi connectivity index (χ2v) is 12.8. The van der Waals surface area contributed by atoms with Gasteiger partial charge >= 0.3 is 0 Å². The molecule has 40 heavy (non-hydrogen) atoms. The van der Waals surface area contributed by atoms with Gasteiger partial charge in [-0.1, -0.05) is 17.7 Å². The predicted octanol–water partition coefficient (Wildman–Crippen LogP) is 4.65. The minimum absolute atomic E-state index is 0.0572. The van der Waals surface area contributed by atoms with Gasteiger partial charge in [0.15, 0.2) is 11.6 Å². The Kier molecular flexibility index (Phi) is 8.88. The van der Waals surface area contributed by atoms with Gasteiger partial charge in [-0.2, -0.15) is 0 Å². The molecule has 2 unspecified atom stereocenters. The minimum Gasteiger partial charge on any atom is -0.494 e. The first kappa shape index (κ1) is 30.0. The van der Waals surface area contributed by atoms with Gasteiger partial charge in [-0.15, -0.1) is 10.2 Å². The zero-order valence-electron chi connectivity index (χ0n) is 23.6. The molecule has 1 N–H and O–H groups in total. The molecule has 0 bridgehead atoms. The molecule has 1 saturated heterocycles. The summed E-state index contributed by atoms with van der Waals surface area (Å²) in [4.78, 5) is 8.42. The zero-order chi connectivity index (χ0) is 29.2. The second kappa shape index (κ2) is 11.9. The summed E-state index contributed by atoms with van der Waals surface area (Å²) < 4.78 is 55.4. The smallest absolute Gasteiger partial charge is 0.243 e. The zero-order valence-corrected chi connectivity index (χ0v) is 25.2. The van der Waals surface area contributed by atoms with Gasteiger partial charge in [-0.05, 0) is 59.6 Å². The molecule has 1 aliphatic rings. The van der Waals surface area contributed by atoms with Crippen molar-refractivity contribution in [2.45, 2.75) is 76.6 Å². The number of methoxy groups -OCH3 is 2. The number of hydrogen-bond acceptors (Lipinski definition) is 10. The molecule has 0 aliphatic carbocycles. The summed E-state index contributed by atoms with van der Waals surface area (Å²) in [6, 6.07) is 5.25. The average molecular weight is 595 g/mol. The first-order valence-electron chi connectivity index (χ1n) is 12.9. The van der Waals surface area contributed by atoms with Crippen molar-refractivity contribution < 1.29 is 27.4 Å². The Labute approximate surface area is 239 Å². The lowest BCUT2D eigenvalue weighted by atomic mass is 10.1. The van der Waals surface area contributed by atoms with E-state index in [4.69, 9.17) is 30.5 Å². The van der Waals surface area contributed by atoms with Gasteiger partial charge in [0.1, 0.15) is 34.6 Å². The monoisotopic (exact) mass is 594 g/mol. The highest BCUT2D eigenvalue weighted by atomic mass is 35.5. The van der Waals surface area contributed by atoms with Crippen LogP contribution in [0.15, 0.2) is 30.6 Å². The van der Waals surface area contributed by atoms with Gasteiger partial charge in [0.05, 0.1) is 30.9 Å². The highest BCUT2D eigenvalue weighted by Crippen LogP contribution is 2.43. The molecule has 0 saturated carbocycles. The standard InChI is InChI=1S/C26H35ClN6O6S/c1-15(2)38-22(23-28-13-17(27)14-29-23)16(3)40(34,35)32-25-31-30-24(20-11-12-26(4,5)39-20)33(25)21-18(36-6)9-8-10-19(21)37-7/h8-10,13-16,20,22H,11-12H2,1-7H3,(H,31,32)/t16?,20-,22?/m1/s1. The number of benzene rings is 1. The molecule has 218 valence electrons. The van der Waals surface area contributed by atoms with Crippen LogP contribution in [0.1, 0.15) is 71.3 Å². The number of aromatic nitrogens is 5. The Morgan fingerprint density at radius 2 is 1.73 bits per heavy atom. The van der Waals surface area contributed by atoms with Crippen LogP contribution in [0.4, 0.5) is 5.95 Å². The summed E-state index contributed by atoms with van der Waals surface area (Å²) in [5.74, 6) is 1.41. The van der Waals surface area contributed by atoms with Gasteiger partial charge in [-0.25, -0.2) is 18.4 Å². The maximum atomic E-state index is 13.8. The third-order valence-corrected chi connectivity index (χ3v) is 8.42. The quantitative estimate of drug-likeness (QED) is 0.333. The molecule has 0 spiro atoms. The molecule has 1 fully saturated rings. The minimum atomic E-state index is -4.15. The molecule has 2 aromatic heterocycles. The summed E-state index contributed by atoms with van der Waals surface area (Å²) in [7, 11) is -1.12. The van der Waals surface area contributed by atoms with Gasteiger partial charge in [0.2, 0.25) is 16.0 Å². The van der Waals surface area contributed by atoms with Crippen molar-refractivity contribution in [1.29, 1.82) is 0 Å². The Morgan fingerprint density at radius 1 is 1.10 bits per heavy atom. The van der Waals surface area contributed by atoms with Crippen LogP contribution in [-0.2, 0) is 19.5 Å². The predicted molar refractivity (Wildman–Crippen MR) is 150 cm³/mol. The molecule has 3 heterocycles. The lowest BCUT2D eigenvalue weighted by molar-refractivity contribution is -0.0207. The molecule has 0 amide bonds. The maximum Gasteiger partial charge on any atom is 0.243 e. The molecule has 1 aliphatic heterocycles. The van der Waals surface area contributed by atoms with Gasteiger partial charge in [0.25, 0.3) is 0 Å². The Morgan fingerprint density at radius 3 is 2.25 bits per heavy atom.